The molecule has 0 bridgehead atoms. The third-order valence-electron chi connectivity index (χ3n) is 2.31. The number of para-hydroxylation sites is 1. The number of nitrogens with two attached hydrogens (primary N) is 1. The van der Waals surface area contributed by atoms with Gasteiger partial charge in [-0.15, -0.1) is 0 Å². The Labute approximate surface area is 91.2 Å². The van der Waals surface area contributed by atoms with Crippen molar-refractivity contribution >= 4 is 0 Å². The summed E-state index contributed by atoms with van der Waals surface area (Å²) in [4.78, 5) is 0. The molecule has 0 unspecified atom stereocenters. The Morgan fingerprint density at radius 1 is 1.33 bits per heavy atom. The van der Waals surface area contributed by atoms with Gasteiger partial charge in [0.05, 0.1) is 20.3 Å². The number of ether oxygens (including phenoxy) is 2. The molecule has 84 valence electrons. The summed E-state index contributed by atoms with van der Waals surface area (Å²) in [7, 11) is 1.66. The Morgan fingerprint density at radius 3 is 2.73 bits per heavy atom. The van der Waals surface area contributed by atoms with Crippen LogP contribution >= 0.6 is 0 Å². The van der Waals surface area contributed by atoms with Crippen LogP contribution in [0.15, 0.2) is 24.3 Å². The molecule has 0 amide bonds. The molecule has 1 aromatic rings. The van der Waals surface area contributed by atoms with Gasteiger partial charge in [0.15, 0.2) is 0 Å². The average molecular weight is 209 g/mol. The van der Waals surface area contributed by atoms with Crippen LogP contribution in [0.5, 0.6) is 5.75 Å². The Kier molecular flexibility index (Phi) is 5.15. The number of methoxy groups -OCH3 is 1. The Bertz CT molecular complexity index is 289. The summed E-state index contributed by atoms with van der Waals surface area (Å²) >= 11 is 0. The van der Waals surface area contributed by atoms with E-state index in [9.17, 15) is 0 Å². The van der Waals surface area contributed by atoms with E-state index >= 15 is 0 Å². The Hall–Kier alpha value is -1.06. The predicted octanol–water partition coefficient (Wildman–Crippen LogP) is 1.95. The van der Waals surface area contributed by atoms with E-state index in [1.54, 1.807) is 7.11 Å². The lowest BCUT2D eigenvalue weighted by molar-refractivity contribution is 0.105. The molecule has 0 aliphatic carbocycles. The van der Waals surface area contributed by atoms with Gasteiger partial charge in [-0.3, -0.25) is 0 Å². The van der Waals surface area contributed by atoms with Crippen LogP contribution < -0.4 is 10.5 Å². The number of hydrogen-bond donors (Lipinski definition) is 1. The maximum Gasteiger partial charge on any atom is 0.124 e. The van der Waals surface area contributed by atoms with Gasteiger partial charge in [-0.25, -0.2) is 0 Å². The number of rotatable bonds is 6. The van der Waals surface area contributed by atoms with Gasteiger partial charge < -0.3 is 15.2 Å². The quantitative estimate of drug-likeness (QED) is 0.778. The zero-order chi connectivity index (χ0) is 11.1. The van der Waals surface area contributed by atoms with Crippen molar-refractivity contribution in [3.8, 4) is 5.75 Å². The van der Waals surface area contributed by atoms with Crippen LogP contribution in [-0.2, 0) is 11.3 Å². The molecule has 3 heteroatoms. The van der Waals surface area contributed by atoms with Gasteiger partial charge in [0, 0.05) is 11.6 Å². The van der Waals surface area contributed by atoms with E-state index in [-0.39, 0.29) is 6.04 Å². The second-order valence-electron chi connectivity index (χ2n) is 3.50. The zero-order valence-electron chi connectivity index (χ0n) is 9.40. The van der Waals surface area contributed by atoms with Crippen LogP contribution in [0.25, 0.3) is 0 Å². The molecule has 0 radical (unpaired) electrons. The second-order valence-corrected chi connectivity index (χ2v) is 3.50. The molecule has 0 aliphatic heterocycles. The molecule has 1 aromatic carbocycles. The van der Waals surface area contributed by atoms with Crippen LogP contribution in [0.3, 0.4) is 0 Å². The van der Waals surface area contributed by atoms with E-state index in [2.05, 4.69) is 6.92 Å². The smallest absolute Gasteiger partial charge is 0.124 e. The molecular formula is C12H19NO2. The first-order valence-corrected chi connectivity index (χ1v) is 5.23. The van der Waals surface area contributed by atoms with Gasteiger partial charge in [-0.1, -0.05) is 25.1 Å². The molecule has 0 aliphatic rings. The van der Waals surface area contributed by atoms with Gasteiger partial charge in [-0.05, 0) is 12.5 Å². The maximum atomic E-state index is 5.75. The van der Waals surface area contributed by atoms with E-state index < -0.39 is 0 Å². The van der Waals surface area contributed by atoms with Crippen LogP contribution in [0.2, 0.25) is 0 Å². The van der Waals surface area contributed by atoms with E-state index in [4.69, 9.17) is 15.2 Å². The van der Waals surface area contributed by atoms with E-state index in [0.717, 1.165) is 17.7 Å². The highest BCUT2D eigenvalue weighted by Gasteiger charge is 2.03. The second kappa shape index (κ2) is 6.43. The highest BCUT2D eigenvalue weighted by Crippen LogP contribution is 2.17. The molecule has 1 rings (SSSR count). The van der Waals surface area contributed by atoms with Crippen molar-refractivity contribution in [3.63, 3.8) is 0 Å². The summed E-state index contributed by atoms with van der Waals surface area (Å²) in [6, 6.07) is 7.97. The van der Waals surface area contributed by atoms with Gasteiger partial charge in [0.25, 0.3) is 0 Å². The maximum absolute atomic E-state index is 5.75. The molecule has 2 N–H and O–H groups in total. The van der Waals surface area contributed by atoms with Crippen LogP contribution in [0.4, 0.5) is 0 Å². The molecule has 3 nitrogen and oxygen atoms in total. The third-order valence-corrected chi connectivity index (χ3v) is 2.31. The van der Waals surface area contributed by atoms with Crippen LogP contribution in [0.1, 0.15) is 18.9 Å². The zero-order valence-corrected chi connectivity index (χ0v) is 9.40. The van der Waals surface area contributed by atoms with Gasteiger partial charge in [0.1, 0.15) is 5.75 Å². The molecular weight excluding hydrogens is 190 g/mol. The lowest BCUT2D eigenvalue weighted by Gasteiger charge is -2.11. The highest BCUT2D eigenvalue weighted by molar-refractivity contribution is 5.32. The minimum atomic E-state index is 0.125. The highest BCUT2D eigenvalue weighted by atomic mass is 16.5. The predicted molar refractivity (Wildman–Crippen MR) is 60.9 cm³/mol. The first-order valence-electron chi connectivity index (χ1n) is 5.23. The first kappa shape index (κ1) is 12.0. The largest absolute Gasteiger partial charge is 0.496 e. The summed E-state index contributed by atoms with van der Waals surface area (Å²) in [6.45, 7) is 3.20. The fourth-order valence-corrected chi connectivity index (χ4v) is 1.26. The standard InChI is InChI=1S/C12H19NO2/c1-3-11(13)9-15-8-10-6-4-5-7-12(10)14-2/h4-7,11H,3,8-9,13H2,1-2H3/t11-/m1/s1. The molecule has 0 saturated heterocycles. The van der Waals surface area contributed by atoms with E-state index in [0.29, 0.717) is 13.2 Å². The molecule has 1 atom stereocenters. The number of benzene rings is 1. The average Bonchev–Trinajstić information content (AvgIpc) is 2.29. The molecule has 15 heavy (non-hydrogen) atoms. The molecule has 0 heterocycles. The van der Waals surface area contributed by atoms with Crippen molar-refractivity contribution < 1.29 is 9.47 Å². The molecule has 0 fully saturated rings. The topological polar surface area (TPSA) is 44.5 Å². The molecule has 0 spiro atoms. The van der Waals surface area contributed by atoms with Crippen molar-refractivity contribution in [2.24, 2.45) is 5.73 Å². The minimum absolute atomic E-state index is 0.125. The van der Waals surface area contributed by atoms with Gasteiger partial charge in [0.2, 0.25) is 0 Å². The Morgan fingerprint density at radius 2 is 2.07 bits per heavy atom. The number of hydrogen-bond acceptors (Lipinski definition) is 3. The van der Waals surface area contributed by atoms with Crippen molar-refractivity contribution in [1.82, 2.24) is 0 Å². The van der Waals surface area contributed by atoms with E-state index in [1.165, 1.54) is 0 Å². The molecule has 0 saturated carbocycles. The summed E-state index contributed by atoms with van der Waals surface area (Å²) < 4.78 is 10.7. The lowest BCUT2D eigenvalue weighted by Crippen LogP contribution is -2.24. The molecule has 0 aromatic heterocycles. The first-order chi connectivity index (χ1) is 7.27. The monoisotopic (exact) mass is 209 g/mol. The Balaban J connectivity index is 2.43. The fourth-order valence-electron chi connectivity index (χ4n) is 1.26. The summed E-state index contributed by atoms with van der Waals surface area (Å²) in [6.07, 6.45) is 0.936. The third kappa shape index (κ3) is 3.90. The summed E-state index contributed by atoms with van der Waals surface area (Å²) in [5.74, 6) is 0.863. The minimum Gasteiger partial charge on any atom is -0.496 e. The van der Waals surface area contributed by atoms with Crippen molar-refractivity contribution in [1.29, 1.82) is 0 Å². The van der Waals surface area contributed by atoms with Crippen molar-refractivity contribution in [2.75, 3.05) is 13.7 Å². The van der Waals surface area contributed by atoms with Gasteiger partial charge >= 0.3 is 0 Å². The fraction of sp³-hybridized carbons (Fsp3) is 0.500. The van der Waals surface area contributed by atoms with Crippen LogP contribution in [0, 0.1) is 0 Å². The SMILES string of the molecule is CC[C@@H](N)COCc1ccccc1OC. The van der Waals surface area contributed by atoms with Gasteiger partial charge in [-0.2, -0.15) is 0 Å². The van der Waals surface area contributed by atoms with E-state index in [1.807, 2.05) is 24.3 Å². The van der Waals surface area contributed by atoms with Crippen LogP contribution in [-0.4, -0.2) is 19.8 Å². The van der Waals surface area contributed by atoms with Crippen molar-refractivity contribution in [3.05, 3.63) is 29.8 Å². The normalized spacial score (nSPS) is 12.5. The lowest BCUT2D eigenvalue weighted by atomic mass is 10.2. The summed E-state index contributed by atoms with van der Waals surface area (Å²) in [5.41, 5.74) is 6.81. The summed E-state index contributed by atoms with van der Waals surface area (Å²) in [5, 5.41) is 0. The van der Waals surface area contributed by atoms with Crippen molar-refractivity contribution in [2.45, 2.75) is 26.0 Å².